The summed E-state index contributed by atoms with van der Waals surface area (Å²) in [5.41, 5.74) is 5.25. The third-order valence-corrected chi connectivity index (χ3v) is 6.13. The van der Waals surface area contributed by atoms with E-state index in [9.17, 15) is 14.7 Å². The van der Waals surface area contributed by atoms with Gasteiger partial charge in [-0.2, -0.15) is 0 Å². The number of carbonyl (C=O) groups is 2. The summed E-state index contributed by atoms with van der Waals surface area (Å²) in [5.74, 6) is -0.393. The maximum absolute atomic E-state index is 12.4. The number of likely N-dealkylation sites (N-methyl/N-ethyl adjacent to an activating group) is 1. The largest absolute Gasteiger partial charge is 0.480 e. The zero-order valence-corrected chi connectivity index (χ0v) is 20.0. The molecule has 1 amide bonds. The van der Waals surface area contributed by atoms with E-state index < -0.39 is 23.7 Å². The highest BCUT2D eigenvalue weighted by molar-refractivity contribution is 7.99. The molecule has 0 aromatic carbocycles. The van der Waals surface area contributed by atoms with Crippen molar-refractivity contribution in [2.75, 3.05) is 12.8 Å². The average molecular weight is 432 g/mol. The van der Waals surface area contributed by atoms with E-state index in [1.807, 2.05) is 0 Å². The van der Waals surface area contributed by atoms with Crippen LogP contribution in [0, 0.1) is 13.8 Å². The van der Waals surface area contributed by atoms with Crippen LogP contribution in [0.1, 0.15) is 57.2 Å². The van der Waals surface area contributed by atoms with Crippen LogP contribution in [0.3, 0.4) is 0 Å². The highest BCUT2D eigenvalue weighted by Crippen LogP contribution is 2.41. The number of amides is 1. The highest BCUT2D eigenvalue weighted by atomic mass is 32.2. The molecule has 1 atom stereocenters. The molecule has 30 heavy (non-hydrogen) atoms. The quantitative estimate of drug-likeness (QED) is 0.573. The number of carboxylic acid groups (broad SMARTS) is 1. The molecule has 0 radical (unpaired) electrons. The lowest BCUT2D eigenvalue weighted by molar-refractivity contribution is -0.141. The van der Waals surface area contributed by atoms with Gasteiger partial charge in [0.15, 0.2) is 0 Å². The molecule has 0 aromatic rings. The normalized spacial score (nSPS) is 12.8. The van der Waals surface area contributed by atoms with Crippen LogP contribution in [-0.2, 0) is 9.53 Å². The Labute approximate surface area is 184 Å². The smallest absolute Gasteiger partial charge is 0.410 e. The SMILES string of the molecule is Cc1cc(SC[C@H](C(=O)O)N(C)C(=O)OC(C)(C)C)c2c(C)ccc(C(C)C)cc1-2. The van der Waals surface area contributed by atoms with Crippen molar-refractivity contribution in [3.63, 3.8) is 0 Å². The van der Waals surface area contributed by atoms with Crippen LogP contribution in [0.5, 0.6) is 0 Å². The van der Waals surface area contributed by atoms with Crippen molar-refractivity contribution in [3.8, 4) is 11.1 Å². The minimum atomic E-state index is -1.05. The van der Waals surface area contributed by atoms with Crippen molar-refractivity contribution < 1.29 is 19.4 Å². The maximum atomic E-state index is 12.4. The molecule has 0 aromatic heterocycles. The Balaban J connectivity index is 2.29. The maximum Gasteiger partial charge on any atom is 0.410 e. The third kappa shape index (κ3) is 5.69. The summed E-state index contributed by atoms with van der Waals surface area (Å²) >= 11 is 1.46. The summed E-state index contributed by atoms with van der Waals surface area (Å²) in [5, 5.41) is 9.72. The summed E-state index contributed by atoms with van der Waals surface area (Å²) in [6.07, 6.45) is -0.636. The molecular weight excluding hydrogens is 398 g/mol. The van der Waals surface area contributed by atoms with Crippen LogP contribution in [0.4, 0.5) is 4.79 Å². The number of fused-ring (bicyclic) bond motifs is 1. The van der Waals surface area contributed by atoms with Crippen LogP contribution >= 0.6 is 11.8 Å². The summed E-state index contributed by atoms with van der Waals surface area (Å²) in [6, 6.07) is 7.64. The Morgan fingerprint density at radius 3 is 2.30 bits per heavy atom. The zero-order valence-electron chi connectivity index (χ0n) is 19.2. The lowest BCUT2D eigenvalue weighted by atomic mass is 10.0. The van der Waals surface area contributed by atoms with Crippen LogP contribution < -0.4 is 0 Å². The first-order valence-electron chi connectivity index (χ1n) is 10.2. The summed E-state index contributed by atoms with van der Waals surface area (Å²) < 4.78 is 5.34. The number of carbonyl (C=O) groups excluding carboxylic acids is 1. The molecule has 6 heteroatoms. The van der Waals surface area contributed by atoms with Gasteiger partial charge in [0, 0.05) is 17.7 Å². The molecule has 0 fully saturated rings. The second kappa shape index (κ2) is 9.29. The second-order valence-corrected chi connectivity index (χ2v) is 10.1. The number of ether oxygens (including phenoxy) is 1. The van der Waals surface area contributed by atoms with Crippen molar-refractivity contribution in [2.24, 2.45) is 0 Å². The molecule has 0 bridgehead atoms. The summed E-state index contributed by atoms with van der Waals surface area (Å²) in [7, 11) is 1.47. The fraction of sp³-hybridized carbons (Fsp3) is 0.500. The van der Waals surface area contributed by atoms with E-state index >= 15 is 0 Å². The lowest BCUT2D eigenvalue weighted by Gasteiger charge is -2.28. The van der Waals surface area contributed by atoms with E-state index in [4.69, 9.17) is 4.74 Å². The Hall–Kier alpha value is -2.21. The fourth-order valence-corrected chi connectivity index (χ4v) is 4.62. The molecule has 1 N–H and O–H groups in total. The number of rotatable bonds is 6. The van der Waals surface area contributed by atoms with Gasteiger partial charge in [-0.15, -0.1) is 11.8 Å². The predicted octanol–water partition coefficient (Wildman–Crippen LogP) is 5.94. The molecule has 164 valence electrons. The molecule has 0 heterocycles. The first-order valence-corrected chi connectivity index (χ1v) is 11.2. The predicted molar refractivity (Wildman–Crippen MR) is 123 cm³/mol. The molecule has 0 saturated heterocycles. The van der Waals surface area contributed by atoms with Gasteiger partial charge in [0.25, 0.3) is 0 Å². The van der Waals surface area contributed by atoms with E-state index in [0.717, 1.165) is 16.0 Å². The monoisotopic (exact) mass is 431 g/mol. The Kier molecular flexibility index (Phi) is 7.45. The number of aryl methyl sites for hydroxylation is 2. The van der Waals surface area contributed by atoms with E-state index in [2.05, 4.69) is 52.0 Å². The van der Waals surface area contributed by atoms with Crippen LogP contribution in [0.25, 0.3) is 11.1 Å². The standard InChI is InChI=1S/C24H33NO4S/c1-14(2)17-10-9-15(3)21-18(12-17)16(4)11-20(21)30-13-19(22(26)27)25(8)23(28)29-24(5,6)7/h9-12,14,19H,13H2,1-8H3,(H,26,27)/t19-/m1/s1. The number of aliphatic carboxylic acids is 1. The van der Waals surface area contributed by atoms with Gasteiger partial charge >= 0.3 is 12.1 Å². The molecule has 2 rings (SSSR count). The second-order valence-electron chi connectivity index (χ2n) is 9.05. The van der Waals surface area contributed by atoms with Crippen LogP contribution in [-0.4, -0.2) is 46.5 Å². The molecular formula is C24H33NO4S. The molecule has 0 spiro atoms. The fourth-order valence-electron chi connectivity index (χ4n) is 3.24. The van der Waals surface area contributed by atoms with E-state index in [-0.39, 0.29) is 5.75 Å². The zero-order chi connectivity index (χ0) is 22.8. The van der Waals surface area contributed by atoms with Crippen molar-refractivity contribution in [1.29, 1.82) is 0 Å². The van der Waals surface area contributed by atoms with Gasteiger partial charge in [-0.3, -0.25) is 4.90 Å². The van der Waals surface area contributed by atoms with Gasteiger partial charge in [0.1, 0.15) is 11.6 Å². The van der Waals surface area contributed by atoms with E-state index in [1.165, 1.54) is 40.4 Å². The molecule has 0 unspecified atom stereocenters. The number of hydrogen-bond donors (Lipinski definition) is 1. The minimum absolute atomic E-state index is 0.235. The van der Waals surface area contributed by atoms with Gasteiger partial charge in [0.2, 0.25) is 0 Å². The first-order chi connectivity index (χ1) is 13.8. The number of nitrogens with zero attached hydrogens (tertiary/aromatic N) is 1. The first kappa shape index (κ1) is 24.1. The van der Waals surface area contributed by atoms with Crippen molar-refractivity contribution in [2.45, 2.75) is 70.9 Å². The minimum Gasteiger partial charge on any atom is -0.480 e. The number of thioether (sulfide) groups is 1. The third-order valence-electron chi connectivity index (χ3n) is 5.02. The van der Waals surface area contributed by atoms with Gasteiger partial charge in [-0.1, -0.05) is 32.0 Å². The number of carboxylic acids is 1. The molecule has 0 saturated carbocycles. The topological polar surface area (TPSA) is 66.8 Å². The molecule has 2 aliphatic rings. The Bertz CT molecular complexity index is 901. The van der Waals surface area contributed by atoms with Gasteiger partial charge in [-0.05, 0) is 74.4 Å². The van der Waals surface area contributed by atoms with Crippen LogP contribution in [0.2, 0.25) is 0 Å². The lowest BCUT2D eigenvalue weighted by Crippen LogP contribution is -2.46. The molecule has 0 aliphatic heterocycles. The Morgan fingerprint density at radius 1 is 1.13 bits per heavy atom. The van der Waals surface area contributed by atoms with Gasteiger partial charge in [-0.25, -0.2) is 9.59 Å². The van der Waals surface area contributed by atoms with Crippen molar-refractivity contribution >= 4 is 23.8 Å². The van der Waals surface area contributed by atoms with E-state index in [0.29, 0.717) is 5.92 Å². The van der Waals surface area contributed by atoms with Gasteiger partial charge in [0.05, 0.1) is 0 Å². The van der Waals surface area contributed by atoms with E-state index in [1.54, 1.807) is 20.8 Å². The highest BCUT2D eigenvalue weighted by Gasteiger charge is 2.31. The van der Waals surface area contributed by atoms with Crippen molar-refractivity contribution in [1.82, 2.24) is 4.90 Å². The summed E-state index contributed by atoms with van der Waals surface area (Å²) in [6.45, 7) is 13.8. The van der Waals surface area contributed by atoms with Crippen LogP contribution in [0.15, 0.2) is 29.2 Å². The molecule has 5 nitrogen and oxygen atoms in total. The average Bonchev–Trinajstić information content (AvgIpc) is 2.79. The number of hydrogen-bond acceptors (Lipinski definition) is 4. The Morgan fingerprint density at radius 2 is 1.77 bits per heavy atom. The van der Waals surface area contributed by atoms with Crippen molar-refractivity contribution in [3.05, 3.63) is 41.0 Å². The summed E-state index contributed by atoms with van der Waals surface area (Å²) in [4.78, 5) is 26.4. The van der Waals surface area contributed by atoms with Gasteiger partial charge < -0.3 is 9.84 Å². The molecule has 2 aliphatic carbocycles.